The zero-order valence-electron chi connectivity index (χ0n) is 12.3. The first-order valence-corrected chi connectivity index (χ1v) is 7.71. The van der Waals surface area contributed by atoms with Crippen LogP contribution in [0.4, 0.5) is 0 Å². The van der Waals surface area contributed by atoms with Crippen LogP contribution in [0.2, 0.25) is 0 Å². The minimum Gasteiger partial charge on any atom is -0.485 e. The first-order chi connectivity index (χ1) is 10.8. The summed E-state index contributed by atoms with van der Waals surface area (Å²) < 4.78 is 22.8. The van der Waals surface area contributed by atoms with Gasteiger partial charge in [-0.25, -0.2) is 0 Å². The third-order valence-electron chi connectivity index (χ3n) is 4.43. The number of benzene rings is 1. The topological polar surface area (TPSA) is 57.2 Å². The quantitative estimate of drug-likeness (QED) is 0.780. The maximum absolute atomic E-state index is 12.6. The number of hydrogen-bond donors (Lipinski definition) is 0. The van der Waals surface area contributed by atoms with E-state index in [1.807, 2.05) is 29.2 Å². The predicted octanol–water partition coefficient (Wildman–Crippen LogP) is 1.19. The molecule has 118 valence electrons. The minimum absolute atomic E-state index is 0.0256. The smallest absolute Gasteiger partial charge is 0.267 e. The number of ether oxygens (including phenoxy) is 4. The normalized spacial score (nSPS) is 26.2. The summed E-state index contributed by atoms with van der Waals surface area (Å²) in [7, 11) is 0. The molecule has 0 aliphatic carbocycles. The molecule has 22 heavy (non-hydrogen) atoms. The molecule has 0 bridgehead atoms. The van der Waals surface area contributed by atoms with Crippen molar-refractivity contribution in [1.29, 1.82) is 0 Å². The van der Waals surface area contributed by atoms with Crippen LogP contribution in [0, 0.1) is 0 Å². The molecule has 6 heteroatoms. The summed E-state index contributed by atoms with van der Waals surface area (Å²) in [4.78, 5) is 14.4. The van der Waals surface area contributed by atoms with Crippen LogP contribution in [0.15, 0.2) is 24.3 Å². The van der Waals surface area contributed by atoms with Crippen LogP contribution in [-0.2, 0) is 14.3 Å². The van der Waals surface area contributed by atoms with Crippen molar-refractivity contribution in [3.63, 3.8) is 0 Å². The Bertz CT molecular complexity index is 559. The Kier molecular flexibility index (Phi) is 3.43. The summed E-state index contributed by atoms with van der Waals surface area (Å²) in [5.74, 6) is 0.829. The van der Waals surface area contributed by atoms with Crippen LogP contribution >= 0.6 is 0 Å². The van der Waals surface area contributed by atoms with E-state index in [1.165, 1.54) is 0 Å². The lowest BCUT2D eigenvalue weighted by molar-refractivity contribution is -0.189. The molecule has 1 aromatic rings. The van der Waals surface area contributed by atoms with E-state index >= 15 is 0 Å². The largest absolute Gasteiger partial charge is 0.485 e. The van der Waals surface area contributed by atoms with Gasteiger partial charge >= 0.3 is 0 Å². The molecule has 1 atom stereocenters. The number of nitrogens with zero attached hydrogens (tertiary/aromatic N) is 1. The molecule has 0 aromatic heterocycles. The van der Waals surface area contributed by atoms with Crippen molar-refractivity contribution in [3.8, 4) is 11.5 Å². The van der Waals surface area contributed by atoms with Gasteiger partial charge in [-0.05, 0) is 12.1 Å². The molecule has 1 spiro atoms. The Morgan fingerprint density at radius 1 is 1.09 bits per heavy atom. The maximum Gasteiger partial charge on any atom is 0.267 e. The highest BCUT2D eigenvalue weighted by Gasteiger charge is 2.42. The van der Waals surface area contributed by atoms with E-state index in [1.54, 1.807) is 0 Å². The van der Waals surface area contributed by atoms with E-state index in [4.69, 9.17) is 18.9 Å². The number of fused-ring (bicyclic) bond motifs is 1. The fraction of sp³-hybridized carbons (Fsp3) is 0.562. The molecule has 3 heterocycles. The number of carbonyl (C=O) groups excluding carboxylic acids is 1. The number of piperidine rings is 1. The highest BCUT2D eigenvalue weighted by molar-refractivity contribution is 5.82. The third-order valence-corrected chi connectivity index (χ3v) is 4.43. The SMILES string of the molecule is O=C(C1COc2ccccc2O1)N1CCC2(CC1)OCCO2. The number of hydrogen-bond acceptors (Lipinski definition) is 5. The van der Waals surface area contributed by atoms with Crippen molar-refractivity contribution in [2.45, 2.75) is 24.7 Å². The van der Waals surface area contributed by atoms with Gasteiger partial charge in [-0.2, -0.15) is 0 Å². The van der Waals surface area contributed by atoms with Crippen molar-refractivity contribution in [1.82, 2.24) is 4.90 Å². The fourth-order valence-corrected chi connectivity index (χ4v) is 3.20. The second kappa shape index (κ2) is 5.44. The summed E-state index contributed by atoms with van der Waals surface area (Å²) in [6, 6.07) is 7.42. The average molecular weight is 305 g/mol. The number of rotatable bonds is 1. The van der Waals surface area contributed by atoms with Crippen LogP contribution in [0.1, 0.15) is 12.8 Å². The van der Waals surface area contributed by atoms with Crippen LogP contribution in [0.3, 0.4) is 0 Å². The second-order valence-electron chi connectivity index (χ2n) is 5.80. The second-order valence-corrected chi connectivity index (χ2v) is 5.80. The van der Waals surface area contributed by atoms with Crippen LogP contribution in [0.5, 0.6) is 11.5 Å². The predicted molar refractivity (Wildman–Crippen MR) is 76.8 cm³/mol. The van der Waals surface area contributed by atoms with E-state index in [-0.39, 0.29) is 12.5 Å². The third kappa shape index (κ3) is 2.42. The molecule has 3 aliphatic rings. The van der Waals surface area contributed by atoms with E-state index < -0.39 is 11.9 Å². The van der Waals surface area contributed by atoms with Crippen molar-refractivity contribution < 1.29 is 23.7 Å². The lowest BCUT2D eigenvalue weighted by Gasteiger charge is -2.39. The van der Waals surface area contributed by atoms with Gasteiger partial charge in [-0.15, -0.1) is 0 Å². The van der Waals surface area contributed by atoms with Gasteiger partial charge in [0.15, 0.2) is 17.3 Å². The average Bonchev–Trinajstić information content (AvgIpc) is 3.02. The molecule has 1 amide bonds. The number of carbonyl (C=O) groups is 1. The highest BCUT2D eigenvalue weighted by atomic mass is 16.7. The van der Waals surface area contributed by atoms with Gasteiger partial charge < -0.3 is 23.8 Å². The monoisotopic (exact) mass is 305 g/mol. The molecule has 6 nitrogen and oxygen atoms in total. The van der Waals surface area contributed by atoms with Gasteiger partial charge in [0.2, 0.25) is 6.10 Å². The summed E-state index contributed by atoms with van der Waals surface area (Å²) >= 11 is 0. The maximum atomic E-state index is 12.6. The van der Waals surface area contributed by atoms with Gasteiger partial charge in [-0.3, -0.25) is 4.79 Å². The molecule has 3 aliphatic heterocycles. The van der Waals surface area contributed by atoms with Crippen LogP contribution in [0.25, 0.3) is 0 Å². The lowest BCUT2D eigenvalue weighted by Crippen LogP contribution is -2.52. The first-order valence-electron chi connectivity index (χ1n) is 7.71. The summed E-state index contributed by atoms with van der Waals surface area (Å²) in [6.45, 7) is 2.79. The van der Waals surface area contributed by atoms with Gasteiger partial charge in [0.25, 0.3) is 5.91 Å². The van der Waals surface area contributed by atoms with E-state index in [0.717, 1.165) is 0 Å². The van der Waals surface area contributed by atoms with E-state index in [9.17, 15) is 4.79 Å². The Morgan fingerprint density at radius 2 is 1.77 bits per heavy atom. The lowest BCUT2D eigenvalue weighted by atomic mass is 10.0. The van der Waals surface area contributed by atoms with Gasteiger partial charge in [0.1, 0.15) is 6.61 Å². The molecule has 0 radical (unpaired) electrons. The summed E-state index contributed by atoms with van der Waals surface area (Å²) in [6.07, 6.45) is 0.848. The van der Waals surface area contributed by atoms with Crippen molar-refractivity contribution in [2.24, 2.45) is 0 Å². The standard InChI is InChI=1S/C16H19NO5/c18-15(14-11-19-12-3-1-2-4-13(12)22-14)17-7-5-16(6-8-17)20-9-10-21-16/h1-4,14H,5-11H2. The Morgan fingerprint density at radius 3 is 2.50 bits per heavy atom. The Labute approximate surface area is 128 Å². The zero-order valence-corrected chi connectivity index (χ0v) is 12.3. The fourth-order valence-electron chi connectivity index (χ4n) is 3.20. The van der Waals surface area contributed by atoms with Gasteiger partial charge in [0, 0.05) is 25.9 Å². The molecule has 2 fully saturated rings. The number of likely N-dealkylation sites (tertiary alicyclic amines) is 1. The summed E-state index contributed by atoms with van der Waals surface area (Å²) in [5, 5.41) is 0. The molecular formula is C16H19NO5. The summed E-state index contributed by atoms with van der Waals surface area (Å²) in [5.41, 5.74) is 0. The van der Waals surface area contributed by atoms with E-state index in [0.29, 0.717) is 50.6 Å². The van der Waals surface area contributed by atoms with E-state index in [2.05, 4.69) is 0 Å². The molecule has 4 rings (SSSR count). The minimum atomic E-state index is -0.575. The number of amides is 1. The Hall–Kier alpha value is -1.79. The zero-order chi connectivity index (χ0) is 15.0. The molecule has 0 saturated carbocycles. The molecular weight excluding hydrogens is 286 g/mol. The van der Waals surface area contributed by atoms with Crippen molar-refractivity contribution in [3.05, 3.63) is 24.3 Å². The van der Waals surface area contributed by atoms with Gasteiger partial charge in [0.05, 0.1) is 13.2 Å². The molecule has 1 unspecified atom stereocenters. The van der Waals surface area contributed by atoms with Crippen molar-refractivity contribution >= 4 is 5.91 Å². The molecule has 1 aromatic carbocycles. The Balaban J connectivity index is 1.39. The van der Waals surface area contributed by atoms with Gasteiger partial charge in [-0.1, -0.05) is 12.1 Å². The van der Waals surface area contributed by atoms with Crippen LogP contribution in [-0.4, -0.2) is 55.6 Å². The highest BCUT2D eigenvalue weighted by Crippen LogP contribution is 2.33. The van der Waals surface area contributed by atoms with Crippen LogP contribution < -0.4 is 9.47 Å². The number of para-hydroxylation sites is 2. The molecule has 2 saturated heterocycles. The first kappa shape index (κ1) is 13.8. The molecule has 0 N–H and O–H groups in total. The van der Waals surface area contributed by atoms with Crippen molar-refractivity contribution in [2.75, 3.05) is 32.9 Å².